The summed E-state index contributed by atoms with van der Waals surface area (Å²) in [6.45, 7) is -1.49. The Bertz CT molecular complexity index is 982. The standard InChI is InChI=1S/C20H16ClF2NO6/c1-11(19(26)24-13-4-6-15(14(21)9-13)30-20(22)23)29-18(25)7-3-12-2-5-16-17(8-12)28-10-27-16/h2-9,11,20H,10H2,1H3,(H,24,26)/b7-3-/t11-/m1/s1. The van der Waals surface area contributed by atoms with Crippen LogP contribution in [0.5, 0.6) is 17.2 Å². The summed E-state index contributed by atoms with van der Waals surface area (Å²) in [6, 6.07) is 8.91. The van der Waals surface area contributed by atoms with Crippen LogP contribution in [0.3, 0.4) is 0 Å². The predicted octanol–water partition coefficient (Wildman–Crippen LogP) is 4.25. The lowest BCUT2D eigenvalue weighted by Gasteiger charge is -2.13. The van der Waals surface area contributed by atoms with Gasteiger partial charge in [-0.25, -0.2) is 4.79 Å². The lowest BCUT2D eigenvalue weighted by molar-refractivity contribution is -0.148. The van der Waals surface area contributed by atoms with Gasteiger partial charge < -0.3 is 24.3 Å². The fraction of sp³-hybridized carbons (Fsp3) is 0.200. The minimum Gasteiger partial charge on any atom is -0.454 e. The third kappa shape index (κ3) is 5.60. The van der Waals surface area contributed by atoms with Crippen LogP contribution in [0.25, 0.3) is 6.08 Å². The van der Waals surface area contributed by atoms with Crippen molar-refractivity contribution in [2.24, 2.45) is 0 Å². The summed E-state index contributed by atoms with van der Waals surface area (Å²) in [4.78, 5) is 24.2. The van der Waals surface area contributed by atoms with Crippen molar-refractivity contribution in [1.82, 2.24) is 0 Å². The molecule has 7 nitrogen and oxygen atoms in total. The van der Waals surface area contributed by atoms with E-state index in [4.69, 9.17) is 25.8 Å². The molecule has 158 valence electrons. The zero-order valence-electron chi connectivity index (χ0n) is 15.6. The van der Waals surface area contributed by atoms with Gasteiger partial charge in [-0.15, -0.1) is 0 Å². The van der Waals surface area contributed by atoms with Gasteiger partial charge in [0.15, 0.2) is 17.6 Å². The van der Waals surface area contributed by atoms with Crippen molar-refractivity contribution in [3.05, 3.63) is 53.1 Å². The second kappa shape index (κ2) is 9.45. The molecule has 0 fully saturated rings. The van der Waals surface area contributed by atoms with Gasteiger partial charge in [-0.1, -0.05) is 17.7 Å². The molecule has 0 radical (unpaired) electrons. The number of hydrogen-bond donors (Lipinski definition) is 1. The number of anilines is 1. The first-order valence-corrected chi connectivity index (χ1v) is 9.03. The van der Waals surface area contributed by atoms with Gasteiger partial charge in [-0.3, -0.25) is 4.79 Å². The predicted molar refractivity (Wildman–Crippen MR) is 104 cm³/mol. The van der Waals surface area contributed by atoms with E-state index >= 15 is 0 Å². The Morgan fingerprint density at radius 3 is 2.67 bits per heavy atom. The largest absolute Gasteiger partial charge is 0.454 e. The Balaban J connectivity index is 1.53. The first-order chi connectivity index (χ1) is 14.3. The minimum absolute atomic E-state index is 0.107. The first-order valence-electron chi connectivity index (χ1n) is 8.65. The molecule has 0 aromatic heterocycles. The number of halogens is 3. The van der Waals surface area contributed by atoms with Gasteiger partial charge in [0, 0.05) is 11.8 Å². The van der Waals surface area contributed by atoms with Gasteiger partial charge in [-0.2, -0.15) is 8.78 Å². The summed E-state index contributed by atoms with van der Waals surface area (Å²) in [7, 11) is 0. The fourth-order valence-electron chi connectivity index (χ4n) is 2.46. The Morgan fingerprint density at radius 1 is 1.17 bits per heavy atom. The first kappa shape index (κ1) is 21.4. The lowest BCUT2D eigenvalue weighted by Crippen LogP contribution is -2.29. The van der Waals surface area contributed by atoms with Crippen LogP contribution < -0.4 is 19.5 Å². The van der Waals surface area contributed by atoms with Crippen LogP contribution in [0.15, 0.2) is 42.5 Å². The molecule has 1 atom stereocenters. The van der Waals surface area contributed by atoms with E-state index < -0.39 is 24.6 Å². The zero-order chi connectivity index (χ0) is 21.7. The molecule has 2 aromatic rings. The third-order valence-electron chi connectivity index (χ3n) is 3.89. The van der Waals surface area contributed by atoms with E-state index in [0.717, 1.165) is 0 Å². The highest BCUT2D eigenvalue weighted by Crippen LogP contribution is 2.33. The monoisotopic (exact) mass is 439 g/mol. The Kier molecular flexibility index (Phi) is 6.73. The molecule has 0 unspecified atom stereocenters. The van der Waals surface area contributed by atoms with Crippen molar-refractivity contribution in [3.63, 3.8) is 0 Å². The van der Waals surface area contributed by atoms with Crippen molar-refractivity contribution in [2.45, 2.75) is 19.6 Å². The Labute approximate surface area is 175 Å². The van der Waals surface area contributed by atoms with Crippen LogP contribution in [0, 0.1) is 0 Å². The SMILES string of the molecule is C[C@@H](OC(=O)/C=C\c1ccc2c(c1)OCO2)C(=O)Nc1ccc(OC(F)F)c(Cl)c1. The van der Waals surface area contributed by atoms with Crippen molar-refractivity contribution >= 4 is 35.2 Å². The molecule has 0 saturated carbocycles. The van der Waals surface area contributed by atoms with Crippen LogP contribution in [0.4, 0.5) is 14.5 Å². The van der Waals surface area contributed by atoms with Crippen LogP contribution in [-0.2, 0) is 14.3 Å². The summed E-state index contributed by atoms with van der Waals surface area (Å²) in [5.41, 5.74) is 0.916. The van der Waals surface area contributed by atoms with Gasteiger partial charge in [0.25, 0.3) is 5.91 Å². The van der Waals surface area contributed by atoms with E-state index in [9.17, 15) is 18.4 Å². The van der Waals surface area contributed by atoms with E-state index in [2.05, 4.69) is 10.1 Å². The van der Waals surface area contributed by atoms with Crippen LogP contribution in [0.1, 0.15) is 12.5 Å². The highest BCUT2D eigenvalue weighted by atomic mass is 35.5. The number of esters is 1. The molecular weight excluding hydrogens is 424 g/mol. The van der Waals surface area contributed by atoms with E-state index in [0.29, 0.717) is 17.1 Å². The zero-order valence-corrected chi connectivity index (χ0v) is 16.3. The second-order valence-electron chi connectivity index (χ2n) is 6.04. The van der Waals surface area contributed by atoms with E-state index in [-0.39, 0.29) is 23.3 Å². The van der Waals surface area contributed by atoms with Gasteiger partial charge in [0.05, 0.1) is 5.02 Å². The van der Waals surface area contributed by atoms with E-state index in [1.54, 1.807) is 18.2 Å². The average Bonchev–Trinajstić information content (AvgIpc) is 3.16. The second-order valence-corrected chi connectivity index (χ2v) is 6.45. The number of fused-ring (bicyclic) bond motifs is 1. The molecule has 30 heavy (non-hydrogen) atoms. The minimum atomic E-state index is -3.02. The molecule has 1 aliphatic heterocycles. The highest BCUT2D eigenvalue weighted by Gasteiger charge is 2.18. The number of benzene rings is 2. The van der Waals surface area contributed by atoms with Crippen molar-refractivity contribution in [3.8, 4) is 17.2 Å². The molecule has 0 aliphatic carbocycles. The number of hydrogen-bond acceptors (Lipinski definition) is 6. The van der Waals surface area contributed by atoms with Crippen molar-refractivity contribution in [2.75, 3.05) is 12.1 Å². The molecule has 10 heteroatoms. The van der Waals surface area contributed by atoms with Crippen LogP contribution in [0.2, 0.25) is 5.02 Å². The van der Waals surface area contributed by atoms with Crippen molar-refractivity contribution in [1.29, 1.82) is 0 Å². The quantitative estimate of drug-likeness (QED) is 0.513. The van der Waals surface area contributed by atoms with Crippen LogP contribution in [-0.4, -0.2) is 31.4 Å². The lowest BCUT2D eigenvalue weighted by atomic mass is 10.2. The molecule has 1 amide bonds. The van der Waals surface area contributed by atoms with Gasteiger partial charge >= 0.3 is 12.6 Å². The number of carbonyl (C=O) groups excluding carboxylic acids is 2. The fourth-order valence-corrected chi connectivity index (χ4v) is 2.69. The average molecular weight is 440 g/mol. The summed E-state index contributed by atoms with van der Waals surface area (Å²) >= 11 is 5.83. The molecule has 1 aliphatic rings. The molecule has 1 heterocycles. The maximum Gasteiger partial charge on any atom is 0.387 e. The number of rotatable bonds is 7. The molecule has 1 N–H and O–H groups in total. The Hall–Kier alpha value is -3.33. The molecule has 0 saturated heterocycles. The molecular formula is C20H16ClF2NO6. The molecule has 3 rings (SSSR count). The summed E-state index contributed by atoms with van der Waals surface area (Å²) in [6.07, 6.45) is 1.57. The maximum atomic E-state index is 12.3. The number of carbonyl (C=O) groups is 2. The normalized spacial score (nSPS) is 13.4. The van der Waals surface area contributed by atoms with Gasteiger partial charge in [-0.05, 0) is 48.9 Å². The van der Waals surface area contributed by atoms with Gasteiger partial charge in [0.2, 0.25) is 6.79 Å². The smallest absolute Gasteiger partial charge is 0.387 e. The van der Waals surface area contributed by atoms with Gasteiger partial charge in [0.1, 0.15) is 5.75 Å². The van der Waals surface area contributed by atoms with E-state index in [1.165, 1.54) is 37.3 Å². The number of amides is 1. The third-order valence-corrected chi connectivity index (χ3v) is 4.18. The molecule has 0 bridgehead atoms. The van der Waals surface area contributed by atoms with Crippen LogP contribution >= 0.6 is 11.6 Å². The summed E-state index contributed by atoms with van der Waals surface area (Å²) < 4.78 is 44.2. The topological polar surface area (TPSA) is 83.1 Å². The Morgan fingerprint density at radius 2 is 1.93 bits per heavy atom. The maximum absolute atomic E-state index is 12.3. The summed E-state index contributed by atoms with van der Waals surface area (Å²) in [5.74, 6) is -0.388. The van der Waals surface area contributed by atoms with Crippen molar-refractivity contribution < 1.29 is 37.3 Å². The number of nitrogens with one attached hydrogen (secondary N) is 1. The number of alkyl halides is 2. The molecule has 0 spiro atoms. The number of ether oxygens (including phenoxy) is 4. The highest BCUT2D eigenvalue weighted by molar-refractivity contribution is 6.32. The molecule has 2 aromatic carbocycles. The van der Waals surface area contributed by atoms with E-state index in [1.807, 2.05) is 0 Å². The summed E-state index contributed by atoms with van der Waals surface area (Å²) in [5, 5.41) is 2.37.